The SMILES string of the molecule is C=C(OC(C)(O)CCC)C(=O)OCOCC. The topological polar surface area (TPSA) is 65.0 Å². The summed E-state index contributed by atoms with van der Waals surface area (Å²) in [6.45, 7) is 8.85. The summed E-state index contributed by atoms with van der Waals surface area (Å²) in [6.07, 6.45) is 1.14. The maximum Gasteiger partial charge on any atom is 0.375 e. The van der Waals surface area contributed by atoms with Gasteiger partial charge in [0.15, 0.2) is 6.79 Å². The van der Waals surface area contributed by atoms with Crippen molar-refractivity contribution >= 4 is 5.97 Å². The summed E-state index contributed by atoms with van der Waals surface area (Å²) in [5, 5.41) is 9.68. The average Bonchev–Trinajstić information content (AvgIpc) is 2.16. The van der Waals surface area contributed by atoms with E-state index >= 15 is 0 Å². The lowest BCUT2D eigenvalue weighted by molar-refractivity contribution is -0.186. The number of carbonyl (C=O) groups is 1. The Kier molecular flexibility index (Phi) is 6.76. The number of ether oxygens (including phenoxy) is 3. The maximum atomic E-state index is 11.3. The smallest absolute Gasteiger partial charge is 0.375 e. The fourth-order valence-corrected chi connectivity index (χ4v) is 1.08. The largest absolute Gasteiger partial charge is 0.456 e. The molecule has 0 aromatic carbocycles. The van der Waals surface area contributed by atoms with E-state index in [9.17, 15) is 9.90 Å². The van der Waals surface area contributed by atoms with E-state index in [0.29, 0.717) is 13.0 Å². The first-order valence-electron chi connectivity index (χ1n) is 5.28. The molecule has 0 aliphatic rings. The van der Waals surface area contributed by atoms with Crippen LogP contribution in [0.3, 0.4) is 0 Å². The van der Waals surface area contributed by atoms with E-state index < -0.39 is 11.8 Å². The van der Waals surface area contributed by atoms with Crippen LogP contribution in [0.5, 0.6) is 0 Å². The Morgan fingerprint density at radius 2 is 2.06 bits per heavy atom. The normalized spacial score (nSPS) is 14.0. The molecule has 5 heteroatoms. The molecule has 0 aliphatic carbocycles. The van der Waals surface area contributed by atoms with Crippen molar-refractivity contribution in [3.8, 4) is 0 Å². The van der Waals surface area contributed by atoms with Crippen molar-refractivity contribution in [3.63, 3.8) is 0 Å². The second-order valence-corrected chi connectivity index (χ2v) is 3.49. The molecule has 0 aliphatic heterocycles. The van der Waals surface area contributed by atoms with E-state index in [-0.39, 0.29) is 12.6 Å². The summed E-state index contributed by atoms with van der Waals surface area (Å²) in [5.74, 6) is -2.35. The van der Waals surface area contributed by atoms with E-state index in [1.54, 1.807) is 6.92 Å². The van der Waals surface area contributed by atoms with Gasteiger partial charge in [-0.15, -0.1) is 0 Å². The second kappa shape index (κ2) is 7.24. The van der Waals surface area contributed by atoms with Crippen molar-refractivity contribution in [3.05, 3.63) is 12.3 Å². The molecule has 0 spiro atoms. The van der Waals surface area contributed by atoms with Gasteiger partial charge in [-0.3, -0.25) is 0 Å². The van der Waals surface area contributed by atoms with E-state index in [4.69, 9.17) is 9.47 Å². The van der Waals surface area contributed by atoms with Crippen molar-refractivity contribution in [2.24, 2.45) is 0 Å². The van der Waals surface area contributed by atoms with E-state index in [2.05, 4.69) is 11.3 Å². The lowest BCUT2D eigenvalue weighted by Gasteiger charge is -2.24. The Morgan fingerprint density at radius 1 is 1.44 bits per heavy atom. The molecule has 5 nitrogen and oxygen atoms in total. The van der Waals surface area contributed by atoms with Crippen LogP contribution in [0.25, 0.3) is 0 Å². The highest BCUT2D eigenvalue weighted by Crippen LogP contribution is 2.17. The van der Waals surface area contributed by atoms with Gasteiger partial charge in [0.25, 0.3) is 0 Å². The molecule has 0 radical (unpaired) electrons. The molecule has 0 saturated carbocycles. The molecular weight excluding hydrogens is 212 g/mol. The quantitative estimate of drug-likeness (QED) is 0.226. The lowest BCUT2D eigenvalue weighted by Crippen LogP contribution is -2.29. The van der Waals surface area contributed by atoms with E-state index in [1.165, 1.54) is 6.92 Å². The predicted molar refractivity (Wildman–Crippen MR) is 58.3 cm³/mol. The lowest BCUT2D eigenvalue weighted by atomic mass is 10.2. The molecule has 16 heavy (non-hydrogen) atoms. The summed E-state index contributed by atoms with van der Waals surface area (Å²) in [4.78, 5) is 11.3. The van der Waals surface area contributed by atoms with Crippen LogP contribution in [-0.2, 0) is 19.0 Å². The number of rotatable bonds is 8. The summed E-state index contributed by atoms with van der Waals surface area (Å²) in [5.41, 5.74) is 0. The van der Waals surface area contributed by atoms with Gasteiger partial charge in [0.05, 0.1) is 0 Å². The fraction of sp³-hybridized carbons (Fsp3) is 0.727. The molecule has 0 amide bonds. The van der Waals surface area contributed by atoms with Crippen molar-refractivity contribution < 1.29 is 24.1 Å². The Balaban J connectivity index is 4.00. The van der Waals surface area contributed by atoms with Crippen LogP contribution in [0.1, 0.15) is 33.6 Å². The average molecular weight is 232 g/mol. The van der Waals surface area contributed by atoms with Gasteiger partial charge >= 0.3 is 5.97 Å². The van der Waals surface area contributed by atoms with Crippen LogP contribution >= 0.6 is 0 Å². The Morgan fingerprint density at radius 3 is 2.56 bits per heavy atom. The highest BCUT2D eigenvalue weighted by atomic mass is 16.7. The number of aliphatic hydroxyl groups is 1. The first-order valence-corrected chi connectivity index (χ1v) is 5.28. The summed E-state index contributed by atoms with van der Waals surface area (Å²) >= 11 is 0. The van der Waals surface area contributed by atoms with Crippen molar-refractivity contribution in [1.82, 2.24) is 0 Å². The van der Waals surface area contributed by atoms with Gasteiger partial charge in [-0.1, -0.05) is 6.92 Å². The van der Waals surface area contributed by atoms with Gasteiger partial charge in [-0.05, 0) is 19.9 Å². The van der Waals surface area contributed by atoms with E-state index in [1.807, 2.05) is 6.92 Å². The molecule has 1 N–H and O–H groups in total. The minimum atomic E-state index is -1.39. The zero-order valence-electron chi connectivity index (χ0n) is 10.1. The standard InChI is InChI=1S/C11H20O5/c1-5-7-11(4,13)16-9(3)10(12)15-8-14-6-2/h13H,3,5-8H2,1-2,4H3. The van der Waals surface area contributed by atoms with Crippen LogP contribution in [0, 0.1) is 0 Å². The van der Waals surface area contributed by atoms with Crippen LogP contribution in [0.2, 0.25) is 0 Å². The maximum absolute atomic E-state index is 11.3. The molecule has 1 unspecified atom stereocenters. The van der Waals surface area contributed by atoms with Gasteiger partial charge in [0, 0.05) is 20.0 Å². The van der Waals surface area contributed by atoms with E-state index in [0.717, 1.165) is 6.42 Å². The minimum Gasteiger partial charge on any atom is -0.456 e. The van der Waals surface area contributed by atoms with Crippen molar-refractivity contribution in [2.75, 3.05) is 13.4 Å². The highest BCUT2D eigenvalue weighted by Gasteiger charge is 2.24. The van der Waals surface area contributed by atoms with Crippen LogP contribution in [-0.4, -0.2) is 30.3 Å². The molecule has 0 bridgehead atoms. The van der Waals surface area contributed by atoms with Gasteiger partial charge in [0.1, 0.15) is 0 Å². The highest BCUT2D eigenvalue weighted by molar-refractivity contribution is 5.85. The molecule has 0 heterocycles. The Hall–Kier alpha value is -1.07. The molecule has 0 fully saturated rings. The number of hydrogen-bond donors (Lipinski definition) is 1. The molecule has 94 valence electrons. The van der Waals surface area contributed by atoms with Crippen LogP contribution in [0.4, 0.5) is 0 Å². The summed E-state index contributed by atoms with van der Waals surface area (Å²) < 4.78 is 14.5. The molecule has 0 saturated heterocycles. The van der Waals surface area contributed by atoms with Gasteiger partial charge in [-0.25, -0.2) is 4.79 Å². The first-order chi connectivity index (χ1) is 7.43. The third-order valence-electron chi connectivity index (χ3n) is 1.76. The zero-order chi connectivity index (χ0) is 12.6. The number of esters is 1. The van der Waals surface area contributed by atoms with Crippen molar-refractivity contribution in [2.45, 2.75) is 39.4 Å². The van der Waals surface area contributed by atoms with Gasteiger partial charge < -0.3 is 19.3 Å². The molecular formula is C11H20O5. The predicted octanol–water partition coefficient (Wildman–Crippen LogP) is 1.56. The van der Waals surface area contributed by atoms with Crippen LogP contribution in [0.15, 0.2) is 12.3 Å². The third kappa shape index (κ3) is 6.42. The molecule has 0 rings (SSSR count). The zero-order valence-corrected chi connectivity index (χ0v) is 10.1. The first kappa shape index (κ1) is 14.9. The molecule has 0 aromatic rings. The number of hydrogen-bond acceptors (Lipinski definition) is 5. The Bertz CT molecular complexity index is 235. The monoisotopic (exact) mass is 232 g/mol. The third-order valence-corrected chi connectivity index (χ3v) is 1.76. The minimum absolute atomic E-state index is 0.145. The van der Waals surface area contributed by atoms with Crippen molar-refractivity contribution in [1.29, 1.82) is 0 Å². The summed E-state index contributed by atoms with van der Waals surface area (Å²) in [7, 11) is 0. The Labute approximate surface area is 96.0 Å². The number of carbonyl (C=O) groups excluding carboxylic acids is 1. The van der Waals surface area contributed by atoms with Crippen LogP contribution < -0.4 is 0 Å². The fourth-order valence-electron chi connectivity index (χ4n) is 1.08. The summed E-state index contributed by atoms with van der Waals surface area (Å²) in [6, 6.07) is 0. The molecule has 1 atom stereocenters. The molecule has 0 aromatic heterocycles. The van der Waals surface area contributed by atoms with Gasteiger partial charge in [-0.2, -0.15) is 0 Å². The second-order valence-electron chi connectivity index (χ2n) is 3.49. The van der Waals surface area contributed by atoms with Gasteiger partial charge in [0.2, 0.25) is 11.5 Å².